The zero-order valence-corrected chi connectivity index (χ0v) is 31.2. The summed E-state index contributed by atoms with van der Waals surface area (Å²) in [5.41, 5.74) is -0.162. The van der Waals surface area contributed by atoms with Crippen LogP contribution < -0.4 is 20.9 Å². The fraction of sp³-hybridized carbons (Fsp3) is 0.514. The second-order valence-electron chi connectivity index (χ2n) is 14.0. The van der Waals surface area contributed by atoms with Gasteiger partial charge in [0.25, 0.3) is 8.32 Å². The summed E-state index contributed by atoms with van der Waals surface area (Å²) in [7, 11) is 2.74. The number of amides is 1. The summed E-state index contributed by atoms with van der Waals surface area (Å²) in [6.07, 6.45) is 5.30. The number of fused-ring (bicyclic) bond motifs is 1. The zero-order valence-electron chi connectivity index (χ0n) is 30.2. The second-order valence-corrected chi connectivity index (χ2v) is 18.3. The Labute approximate surface area is 298 Å². The molecule has 4 aromatic rings. The van der Waals surface area contributed by atoms with Gasteiger partial charge in [-0.3, -0.25) is 9.36 Å². The summed E-state index contributed by atoms with van der Waals surface area (Å²) in [5, 5.41) is 7.80. The van der Waals surface area contributed by atoms with E-state index in [4.69, 9.17) is 26.6 Å². The lowest BCUT2D eigenvalue weighted by Gasteiger charge is -2.45. The molecule has 1 unspecified atom stereocenters. The Morgan fingerprint density at radius 3 is 2.18 bits per heavy atom. The van der Waals surface area contributed by atoms with Crippen molar-refractivity contribution in [2.45, 2.75) is 96.2 Å². The molecule has 0 spiro atoms. The topological polar surface area (TPSA) is 122 Å². The number of hydrogen-bond donors (Lipinski definition) is 2. The molecule has 1 aliphatic heterocycles. The van der Waals surface area contributed by atoms with Gasteiger partial charge in [0.15, 0.2) is 11.9 Å². The van der Waals surface area contributed by atoms with Crippen LogP contribution in [0.2, 0.25) is 5.04 Å². The number of nitrogens with one attached hydrogen (secondary N) is 2. The highest BCUT2D eigenvalue weighted by atomic mass is 28.4. The van der Waals surface area contributed by atoms with E-state index < -0.39 is 32.3 Å². The van der Waals surface area contributed by atoms with Crippen LogP contribution in [0, 0.1) is 0 Å². The quantitative estimate of drug-likeness (QED) is 0.120. The van der Waals surface area contributed by atoms with E-state index in [-0.39, 0.29) is 24.2 Å². The highest BCUT2D eigenvalue weighted by molar-refractivity contribution is 6.99. The summed E-state index contributed by atoms with van der Waals surface area (Å²) in [4.78, 5) is 26.3. The summed E-state index contributed by atoms with van der Waals surface area (Å²) < 4.78 is 29.8. The van der Waals surface area contributed by atoms with E-state index in [0.717, 1.165) is 36.1 Å². The third-order valence-electron chi connectivity index (χ3n) is 9.38. The summed E-state index contributed by atoms with van der Waals surface area (Å²) in [5.74, 6) is 0.161. The van der Waals surface area contributed by atoms with Gasteiger partial charge in [0.2, 0.25) is 13.9 Å². The van der Waals surface area contributed by atoms with E-state index in [2.05, 4.69) is 109 Å². The van der Waals surface area contributed by atoms with Crippen molar-refractivity contribution in [2.75, 3.05) is 31.7 Å². The molecule has 1 fully saturated rings. The first kappa shape index (κ1) is 37.6. The van der Waals surface area contributed by atoms with E-state index in [9.17, 15) is 4.79 Å². The van der Waals surface area contributed by atoms with Gasteiger partial charge in [0.1, 0.15) is 35.4 Å². The maximum Gasteiger partial charge on any atom is 0.261 e. The number of hydrogen-bond acceptors (Lipinski definition) is 9. The molecule has 2 aromatic carbocycles. The molecular weight excluding hydrogens is 647 g/mol. The average molecular weight is 699 g/mol. The Balaban J connectivity index is 1.68. The zero-order chi connectivity index (χ0) is 35.8. The van der Waals surface area contributed by atoms with Gasteiger partial charge >= 0.3 is 0 Å². The molecule has 50 heavy (non-hydrogen) atoms. The maximum atomic E-state index is 12.9. The first-order valence-corrected chi connectivity index (χ1v) is 19.6. The highest BCUT2D eigenvalue weighted by Crippen LogP contribution is 2.44. The van der Waals surface area contributed by atoms with Crippen LogP contribution in [0.1, 0.15) is 73.5 Å². The number of ether oxygens (including phenoxy) is 3. The molecule has 2 aromatic heterocycles. The van der Waals surface area contributed by atoms with Crippen LogP contribution in [-0.2, 0) is 23.4 Å². The molecule has 13 heteroatoms. The minimum atomic E-state index is -3.02. The van der Waals surface area contributed by atoms with Crippen molar-refractivity contribution in [3.63, 3.8) is 0 Å². The van der Waals surface area contributed by atoms with Gasteiger partial charge in [-0.1, -0.05) is 108 Å². The maximum absolute atomic E-state index is 12.9. The second kappa shape index (κ2) is 16.6. The summed E-state index contributed by atoms with van der Waals surface area (Å²) >= 11 is 0. The smallest absolute Gasteiger partial charge is 0.261 e. The highest BCUT2D eigenvalue weighted by Gasteiger charge is 2.60. The Kier molecular flexibility index (Phi) is 12.5. The van der Waals surface area contributed by atoms with E-state index in [1.165, 1.54) is 13.3 Å². The fourth-order valence-electron chi connectivity index (χ4n) is 6.98. The molecule has 11 nitrogen and oxygen atoms in total. The van der Waals surface area contributed by atoms with Crippen LogP contribution in [0.3, 0.4) is 0 Å². The SMILES string of the molecule is [B]Nc1ncnc2c1ncn2[C@@H]1O[C@@](COCCCC)(CO[Si](c2ccccc2)(c2ccccc2)C(C)(C)C)C(OCCCC)[C@@H]1NC(C)=O. The van der Waals surface area contributed by atoms with E-state index in [1.54, 1.807) is 6.33 Å². The monoisotopic (exact) mass is 698 g/mol. The van der Waals surface area contributed by atoms with Crippen molar-refractivity contribution in [1.29, 1.82) is 0 Å². The molecule has 5 rings (SSSR count). The number of unbranched alkanes of at least 4 members (excludes halogenated alkanes) is 2. The molecule has 0 aliphatic carbocycles. The molecule has 3 heterocycles. The number of nitrogens with zero attached hydrogens (tertiary/aromatic N) is 4. The minimum absolute atomic E-state index is 0.146. The van der Waals surface area contributed by atoms with Crippen LogP contribution >= 0.6 is 0 Å². The Hall–Kier alpha value is -3.62. The molecule has 0 saturated carbocycles. The molecule has 0 bridgehead atoms. The van der Waals surface area contributed by atoms with Gasteiger partial charge in [0, 0.05) is 20.1 Å². The molecule has 1 amide bonds. The molecule has 2 radical (unpaired) electrons. The summed E-state index contributed by atoms with van der Waals surface area (Å²) in [6.45, 7) is 13.8. The first-order chi connectivity index (χ1) is 24.1. The standard InChI is InChI=1S/C37H51BN6O5Si/c1-7-9-21-46-23-37(24-48-50(36(4,5)6,28-17-13-11-14-18-28)29-19-15-12-16-20-29)32(47-22-10-8-2)30(42-27(3)45)35(49-37)44-26-41-31-33(43-38)39-25-40-34(31)44/h11-20,25-26,30,32,35H,7-10,21-24H2,1-6H3,(H,42,45)(H,39,40,43)/t30-,32?,35+,37-/m0/s1. The first-order valence-electron chi connectivity index (χ1n) is 17.6. The van der Waals surface area contributed by atoms with Crippen molar-refractivity contribution in [2.24, 2.45) is 0 Å². The van der Waals surface area contributed by atoms with Crippen LogP contribution in [0.4, 0.5) is 5.82 Å². The van der Waals surface area contributed by atoms with Gasteiger partial charge in [-0.25, -0.2) is 15.0 Å². The van der Waals surface area contributed by atoms with Crippen LogP contribution in [0.15, 0.2) is 73.3 Å². The fourth-order valence-corrected chi connectivity index (χ4v) is 11.6. The van der Waals surface area contributed by atoms with Crippen molar-refractivity contribution in [3.8, 4) is 0 Å². The van der Waals surface area contributed by atoms with Gasteiger partial charge in [-0.2, -0.15) is 0 Å². The van der Waals surface area contributed by atoms with Crippen LogP contribution in [0.25, 0.3) is 11.2 Å². The predicted molar refractivity (Wildman–Crippen MR) is 199 cm³/mol. The lowest BCUT2D eigenvalue weighted by molar-refractivity contribution is -0.167. The molecule has 1 aliphatic rings. The lowest BCUT2D eigenvalue weighted by atomic mass is 9.94. The van der Waals surface area contributed by atoms with Crippen LogP contribution in [0.5, 0.6) is 0 Å². The minimum Gasteiger partial charge on any atom is -0.421 e. The number of benzene rings is 2. The van der Waals surface area contributed by atoms with Crippen molar-refractivity contribution in [1.82, 2.24) is 24.8 Å². The lowest BCUT2D eigenvalue weighted by Crippen LogP contribution is -2.68. The van der Waals surface area contributed by atoms with Crippen molar-refractivity contribution in [3.05, 3.63) is 73.3 Å². The van der Waals surface area contributed by atoms with E-state index >= 15 is 0 Å². The number of aromatic nitrogens is 4. The number of imidazole rings is 1. The molecule has 1 saturated heterocycles. The largest absolute Gasteiger partial charge is 0.421 e. The predicted octanol–water partition coefficient (Wildman–Crippen LogP) is 4.67. The van der Waals surface area contributed by atoms with Gasteiger partial charge < -0.3 is 29.2 Å². The van der Waals surface area contributed by atoms with E-state index in [1.807, 2.05) is 16.7 Å². The van der Waals surface area contributed by atoms with Gasteiger partial charge in [0.05, 0.1) is 19.5 Å². The van der Waals surface area contributed by atoms with Crippen LogP contribution in [-0.4, -0.2) is 85.9 Å². The van der Waals surface area contributed by atoms with E-state index in [0.29, 0.717) is 30.2 Å². The van der Waals surface area contributed by atoms with Crippen molar-refractivity contribution < 1.29 is 23.4 Å². The Bertz CT molecular complexity index is 1630. The third kappa shape index (κ3) is 7.67. The third-order valence-corrected chi connectivity index (χ3v) is 14.4. The molecule has 2 N–H and O–H groups in total. The normalized spacial score (nSPS) is 21.0. The van der Waals surface area contributed by atoms with Gasteiger partial charge in [-0.05, 0) is 28.3 Å². The Morgan fingerprint density at radius 2 is 1.60 bits per heavy atom. The molecule has 266 valence electrons. The van der Waals surface area contributed by atoms with Crippen molar-refractivity contribution >= 4 is 49.6 Å². The molecule has 4 atom stereocenters. The number of anilines is 1. The summed E-state index contributed by atoms with van der Waals surface area (Å²) in [6, 6.07) is 20.4. The molecular formula is C37H51BN6O5Si. The number of rotatable bonds is 17. The average Bonchev–Trinajstić information content (AvgIpc) is 3.66. The number of carbonyl (C=O) groups is 1. The number of carbonyl (C=O) groups excluding carboxylic acids is 1. The Morgan fingerprint density at radius 1 is 0.960 bits per heavy atom. The van der Waals surface area contributed by atoms with Gasteiger partial charge in [-0.15, -0.1) is 0 Å².